The van der Waals surface area contributed by atoms with Crippen molar-refractivity contribution in [1.29, 1.82) is 0 Å². The standard InChI is InChI=1S/C24H25N3O5/c1-14-4-2-3-5-18(14)25-22(28)16-7-8-17-19(11-16)26-24(30)27(23(17)29)12-15-6-9-20-21(10-15)32-13-31-20/h6-11,14,18H,2-5,12-13H2,1H3,(H,25,28)(H,26,30)/t14-,18+/m0/s1. The van der Waals surface area contributed by atoms with Gasteiger partial charge in [0.1, 0.15) is 0 Å². The molecule has 1 saturated carbocycles. The van der Waals surface area contributed by atoms with Crippen LogP contribution in [0.2, 0.25) is 0 Å². The summed E-state index contributed by atoms with van der Waals surface area (Å²) in [5.74, 6) is 1.49. The Bertz CT molecular complexity index is 1310. The lowest BCUT2D eigenvalue weighted by molar-refractivity contribution is 0.0910. The van der Waals surface area contributed by atoms with Gasteiger partial charge in [-0.25, -0.2) is 4.79 Å². The van der Waals surface area contributed by atoms with Crippen LogP contribution in [0.5, 0.6) is 11.5 Å². The number of aromatic nitrogens is 2. The molecule has 2 N–H and O–H groups in total. The summed E-state index contributed by atoms with van der Waals surface area (Å²) < 4.78 is 11.8. The molecule has 1 aliphatic heterocycles. The molecule has 2 atom stereocenters. The second kappa shape index (κ2) is 8.18. The Labute approximate surface area is 184 Å². The molecule has 0 unspecified atom stereocenters. The van der Waals surface area contributed by atoms with Crippen LogP contribution in [0.25, 0.3) is 10.9 Å². The molecule has 2 aliphatic rings. The first kappa shape index (κ1) is 20.4. The first-order valence-corrected chi connectivity index (χ1v) is 11.0. The zero-order valence-electron chi connectivity index (χ0n) is 17.8. The number of hydrogen-bond donors (Lipinski definition) is 2. The quantitative estimate of drug-likeness (QED) is 0.656. The van der Waals surface area contributed by atoms with E-state index in [0.29, 0.717) is 33.9 Å². The van der Waals surface area contributed by atoms with Crippen molar-refractivity contribution in [1.82, 2.24) is 14.9 Å². The Morgan fingerprint density at radius 3 is 2.75 bits per heavy atom. The largest absolute Gasteiger partial charge is 0.454 e. The smallest absolute Gasteiger partial charge is 0.329 e. The molecule has 0 bridgehead atoms. The molecule has 5 rings (SSSR count). The zero-order chi connectivity index (χ0) is 22.2. The summed E-state index contributed by atoms with van der Waals surface area (Å²) >= 11 is 0. The van der Waals surface area contributed by atoms with E-state index >= 15 is 0 Å². The summed E-state index contributed by atoms with van der Waals surface area (Å²) in [6, 6.07) is 10.3. The molecule has 32 heavy (non-hydrogen) atoms. The van der Waals surface area contributed by atoms with E-state index in [9.17, 15) is 14.4 Å². The minimum absolute atomic E-state index is 0.0998. The van der Waals surface area contributed by atoms with Crippen LogP contribution in [0, 0.1) is 5.92 Å². The third-order valence-electron chi connectivity index (χ3n) is 6.45. The lowest BCUT2D eigenvalue weighted by Gasteiger charge is -2.29. The first-order valence-electron chi connectivity index (χ1n) is 11.0. The van der Waals surface area contributed by atoms with E-state index in [2.05, 4.69) is 17.2 Å². The summed E-state index contributed by atoms with van der Waals surface area (Å²) in [5, 5.41) is 3.46. The summed E-state index contributed by atoms with van der Waals surface area (Å²) in [6.45, 7) is 2.41. The minimum atomic E-state index is -0.529. The van der Waals surface area contributed by atoms with E-state index in [4.69, 9.17) is 9.47 Å². The monoisotopic (exact) mass is 435 g/mol. The number of nitrogens with zero attached hydrogens (tertiary/aromatic N) is 1. The molecule has 2 aromatic carbocycles. The fourth-order valence-electron chi connectivity index (χ4n) is 4.54. The van der Waals surface area contributed by atoms with Crippen LogP contribution in [0.3, 0.4) is 0 Å². The number of fused-ring (bicyclic) bond motifs is 2. The number of H-pyrrole nitrogens is 1. The molecule has 1 fully saturated rings. The maximum Gasteiger partial charge on any atom is 0.329 e. The highest BCUT2D eigenvalue weighted by molar-refractivity contribution is 5.97. The Balaban J connectivity index is 1.42. The normalized spacial score (nSPS) is 19.8. The van der Waals surface area contributed by atoms with Gasteiger partial charge in [0, 0.05) is 11.6 Å². The molecular formula is C24H25N3O5. The molecule has 3 aromatic rings. The van der Waals surface area contributed by atoms with Gasteiger partial charge in [-0.3, -0.25) is 14.2 Å². The third-order valence-corrected chi connectivity index (χ3v) is 6.45. The van der Waals surface area contributed by atoms with Gasteiger partial charge in [-0.1, -0.05) is 25.8 Å². The van der Waals surface area contributed by atoms with Crippen molar-refractivity contribution in [2.24, 2.45) is 5.92 Å². The van der Waals surface area contributed by atoms with Crippen molar-refractivity contribution in [3.8, 4) is 11.5 Å². The van der Waals surface area contributed by atoms with Crippen LogP contribution in [0.4, 0.5) is 0 Å². The number of ether oxygens (including phenoxy) is 2. The topological polar surface area (TPSA) is 102 Å². The minimum Gasteiger partial charge on any atom is -0.454 e. The van der Waals surface area contributed by atoms with Crippen molar-refractivity contribution in [2.75, 3.05) is 6.79 Å². The lowest BCUT2D eigenvalue weighted by Crippen LogP contribution is -2.41. The summed E-state index contributed by atoms with van der Waals surface area (Å²) in [6.07, 6.45) is 4.40. The van der Waals surface area contributed by atoms with Gasteiger partial charge in [0.25, 0.3) is 11.5 Å². The van der Waals surface area contributed by atoms with Crippen LogP contribution in [-0.2, 0) is 6.54 Å². The van der Waals surface area contributed by atoms with Crippen LogP contribution in [-0.4, -0.2) is 28.3 Å². The number of aromatic amines is 1. The van der Waals surface area contributed by atoms with Crippen LogP contribution < -0.4 is 26.0 Å². The van der Waals surface area contributed by atoms with Crippen molar-refractivity contribution in [2.45, 2.75) is 45.2 Å². The summed E-state index contributed by atoms with van der Waals surface area (Å²) in [5.41, 5.74) is 0.594. The Kier molecular flexibility index (Phi) is 5.20. The first-order chi connectivity index (χ1) is 15.5. The van der Waals surface area contributed by atoms with Gasteiger partial charge in [0.15, 0.2) is 11.5 Å². The molecule has 166 valence electrons. The highest BCUT2D eigenvalue weighted by atomic mass is 16.7. The van der Waals surface area contributed by atoms with E-state index in [-0.39, 0.29) is 25.3 Å². The van der Waals surface area contributed by atoms with Gasteiger partial charge < -0.3 is 19.8 Å². The molecule has 0 spiro atoms. The maximum absolute atomic E-state index is 13.0. The van der Waals surface area contributed by atoms with Gasteiger partial charge in [0.2, 0.25) is 6.79 Å². The molecule has 1 aliphatic carbocycles. The molecule has 1 amide bonds. The number of carbonyl (C=O) groups is 1. The zero-order valence-corrected chi connectivity index (χ0v) is 17.8. The number of carbonyl (C=O) groups excluding carboxylic acids is 1. The van der Waals surface area contributed by atoms with E-state index in [1.807, 2.05) is 0 Å². The number of amides is 1. The van der Waals surface area contributed by atoms with Gasteiger partial charge in [-0.15, -0.1) is 0 Å². The summed E-state index contributed by atoms with van der Waals surface area (Å²) in [7, 11) is 0. The predicted molar refractivity (Wildman–Crippen MR) is 119 cm³/mol. The van der Waals surface area contributed by atoms with Gasteiger partial charge in [-0.05, 0) is 54.7 Å². The maximum atomic E-state index is 13.0. The molecule has 8 nitrogen and oxygen atoms in total. The van der Waals surface area contributed by atoms with E-state index < -0.39 is 11.2 Å². The van der Waals surface area contributed by atoms with Gasteiger partial charge >= 0.3 is 5.69 Å². The summed E-state index contributed by atoms with van der Waals surface area (Å²) in [4.78, 5) is 41.2. The second-order valence-electron chi connectivity index (χ2n) is 8.61. The van der Waals surface area contributed by atoms with Crippen LogP contribution >= 0.6 is 0 Å². The average molecular weight is 435 g/mol. The Morgan fingerprint density at radius 1 is 1.09 bits per heavy atom. The Hall–Kier alpha value is -3.55. The molecule has 8 heteroatoms. The van der Waals surface area contributed by atoms with Crippen molar-refractivity contribution >= 4 is 16.8 Å². The number of benzene rings is 2. The highest BCUT2D eigenvalue weighted by Gasteiger charge is 2.23. The highest BCUT2D eigenvalue weighted by Crippen LogP contribution is 2.32. The van der Waals surface area contributed by atoms with E-state index in [1.165, 1.54) is 6.42 Å². The SMILES string of the molecule is C[C@H]1CCCC[C@H]1NC(=O)c1ccc2c(=O)n(Cc3ccc4c(c3)OCO4)c(=O)[nH]c2c1. The lowest BCUT2D eigenvalue weighted by atomic mass is 9.86. The van der Waals surface area contributed by atoms with Crippen molar-refractivity contribution in [3.05, 3.63) is 68.4 Å². The van der Waals surface area contributed by atoms with E-state index in [0.717, 1.165) is 29.4 Å². The second-order valence-corrected chi connectivity index (χ2v) is 8.61. The number of rotatable bonds is 4. The number of nitrogens with one attached hydrogen (secondary N) is 2. The number of hydrogen-bond acceptors (Lipinski definition) is 5. The fraction of sp³-hybridized carbons (Fsp3) is 0.375. The molecular weight excluding hydrogens is 410 g/mol. The predicted octanol–water partition coefficient (Wildman–Crippen LogP) is 2.78. The molecule has 0 saturated heterocycles. The Morgan fingerprint density at radius 2 is 1.91 bits per heavy atom. The third kappa shape index (κ3) is 3.77. The molecule has 1 aromatic heterocycles. The molecule has 2 heterocycles. The van der Waals surface area contributed by atoms with Crippen molar-refractivity contribution in [3.63, 3.8) is 0 Å². The molecule has 0 radical (unpaired) electrons. The van der Waals surface area contributed by atoms with Crippen LogP contribution in [0.1, 0.15) is 48.5 Å². The van der Waals surface area contributed by atoms with Crippen molar-refractivity contribution < 1.29 is 14.3 Å². The van der Waals surface area contributed by atoms with E-state index in [1.54, 1.807) is 36.4 Å². The average Bonchev–Trinajstić information content (AvgIpc) is 3.25. The van der Waals surface area contributed by atoms with Gasteiger partial charge in [-0.2, -0.15) is 0 Å². The fourth-order valence-corrected chi connectivity index (χ4v) is 4.54. The van der Waals surface area contributed by atoms with Gasteiger partial charge in [0.05, 0.1) is 17.4 Å². The van der Waals surface area contributed by atoms with Crippen LogP contribution in [0.15, 0.2) is 46.0 Å².